The standard InChI is InChI=1S/2C42H58O6/c2*1-29(18-14-19-31(3)22-23-37-40(8,9)27-35(48-33(5)43)28-42(37,11)47)16-12-13-17-30(2)20-15-21-32(4)36(45)24-38-39(6,7)25-34(44)26-41(38,10)46/h2*12-22,24,34-35,44,46-47H,25-28H2,1-11H3/b2*13-12+,18-14+,20-15+,29-16+,30-17+,31-19+,32-21+,38-24-. The van der Waals surface area contributed by atoms with Crippen LogP contribution < -0.4 is 0 Å². The third-order valence-corrected chi connectivity index (χ3v) is 17.9. The molecular formula is C84H116O12. The molecule has 8 unspecified atom stereocenters. The monoisotopic (exact) mass is 1320 g/mol. The SMILES string of the molecule is CC(=O)OC1CC(C)(C)C(=C=C/C(C)=C/C=C/C(C)=C/C=C/C=C(C)/C=C/C=C(\C)C(=O)/C=C2/C(C)(C)CC(O)CC2(C)O)C(C)(O)C1.CC(=O)OC1CC(C)(C)C(=C=C/C(C)=C/C=C/C(C)=C/C=C/C=C(C)/C=C/C=C(\C)C(=O)/C=C2/C(C)(C)CC(O)CC2(C)O)C(C)(O)C1. The summed E-state index contributed by atoms with van der Waals surface area (Å²) in [5.41, 5.74) is 10.6. The van der Waals surface area contributed by atoms with Gasteiger partial charge in [-0.1, -0.05) is 199 Å². The van der Waals surface area contributed by atoms with E-state index in [4.69, 9.17) is 9.47 Å². The lowest BCUT2D eigenvalue weighted by Gasteiger charge is -2.45. The van der Waals surface area contributed by atoms with Gasteiger partial charge in [-0.15, -0.1) is 11.5 Å². The van der Waals surface area contributed by atoms with Crippen LogP contribution >= 0.6 is 0 Å². The summed E-state index contributed by atoms with van der Waals surface area (Å²) in [5.74, 6) is -0.959. The van der Waals surface area contributed by atoms with Crippen LogP contribution in [-0.4, -0.2) is 101 Å². The first-order valence-corrected chi connectivity index (χ1v) is 33.6. The van der Waals surface area contributed by atoms with E-state index in [1.54, 1.807) is 65.8 Å². The third-order valence-electron chi connectivity index (χ3n) is 17.9. The first kappa shape index (κ1) is 83.1. The number of carbonyl (C=O) groups is 4. The lowest BCUT2D eigenvalue weighted by atomic mass is 9.64. The maximum absolute atomic E-state index is 12.9. The number of allylic oxidation sites excluding steroid dienone is 30. The Morgan fingerprint density at radius 1 is 0.354 bits per heavy atom. The first-order valence-electron chi connectivity index (χ1n) is 33.6. The second kappa shape index (κ2) is 35.4. The van der Waals surface area contributed by atoms with Crippen LogP contribution in [0.1, 0.15) is 204 Å². The van der Waals surface area contributed by atoms with Crippen LogP contribution in [0.5, 0.6) is 0 Å². The smallest absolute Gasteiger partial charge is 0.302 e. The molecule has 0 bridgehead atoms. The van der Waals surface area contributed by atoms with Crippen molar-refractivity contribution in [3.8, 4) is 0 Å². The average Bonchev–Trinajstić information content (AvgIpc) is 0.800. The summed E-state index contributed by atoms with van der Waals surface area (Å²) in [4.78, 5) is 48.7. The molecule has 0 amide bonds. The molecule has 4 saturated carbocycles. The molecule has 0 aliphatic heterocycles. The Bertz CT molecular complexity index is 3190. The Morgan fingerprint density at radius 2 is 0.625 bits per heavy atom. The second-order valence-corrected chi connectivity index (χ2v) is 30.6. The minimum Gasteiger partial charge on any atom is -0.462 e. The number of hydrogen-bond acceptors (Lipinski definition) is 12. The fourth-order valence-corrected chi connectivity index (χ4v) is 13.8. The van der Waals surface area contributed by atoms with E-state index in [0.717, 1.165) is 44.6 Å². The number of aliphatic hydroxyl groups is 6. The van der Waals surface area contributed by atoms with Gasteiger partial charge in [0.25, 0.3) is 0 Å². The number of carbonyl (C=O) groups excluding carboxylic acids is 4. The van der Waals surface area contributed by atoms with E-state index in [2.05, 4.69) is 11.5 Å². The minimum absolute atomic E-state index is 0.148. The maximum Gasteiger partial charge on any atom is 0.302 e. The van der Waals surface area contributed by atoms with Crippen LogP contribution in [0.3, 0.4) is 0 Å². The zero-order chi connectivity index (χ0) is 73.0. The van der Waals surface area contributed by atoms with E-state index >= 15 is 0 Å². The molecule has 0 aromatic carbocycles. The Morgan fingerprint density at radius 3 is 0.885 bits per heavy atom. The highest BCUT2D eigenvalue weighted by atomic mass is 16.5. The molecule has 0 aromatic heterocycles. The lowest BCUT2D eigenvalue weighted by molar-refractivity contribution is -0.154. The molecule has 0 radical (unpaired) electrons. The van der Waals surface area contributed by atoms with E-state index in [1.165, 1.54) is 13.8 Å². The van der Waals surface area contributed by atoms with Crippen molar-refractivity contribution < 1.29 is 59.3 Å². The number of hydrogen-bond donors (Lipinski definition) is 6. The predicted octanol–water partition coefficient (Wildman–Crippen LogP) is 16.9. The number of ether oxygens (including phenoxy) is 2. The molecule has 96 heavy (non-hydrogen) atoms. The maximum atomic E-state index is 12.9. The average molecular weight is 1320 g/mol. The van der Waals surface area contributed by atoms with Gasteiger partial charge < -0.3 is 40.1 Å². The zero-order valence-electron chi connectivity index (χ0n) is 62.0. The van der Waals surface area contributed by atoms with Gasteiger partial charge in [-0.25, -0.2) is 0 Å². The zero-order valence-corrected chi connectivity index (χ0v) is 62.0. The number of esters is 2. The van der Waals surface area contributed by atoms with Gasteiger partial charge in [-0.2, -0.15) is 0 Å². The topological polar surface area (TPSA) is 208 Å². The second-order valence-electron chi connectivity index (χ2n) is 30.6. The summed E-state index contributed by atoms with van der Waals surface area (Å²) >= 11 is 0. The normalized spacial score (nSPS) is 29.5. The van der Waals surface area contributed by atoms with Crippen molar-refractivity contribution >= 4 is 23.5 Å². The summed E-state index contributed by atoms with van der Waals surface area (Å²) in [6.45, 7) is 41.1. The highest BCUT2D eigenvalue weighted by Gasteiger charge is 2.49. The van der Waals surface area contributed by atoms with Crippen LogP contribution in [-0.2, 0) is 28.7 Å². The van der Waals surface area contributed by atoms with Crippen LogP contribution in [0.4, 0.5) is 0 Å². The molecule has 0 heterocycles. The van der Waals surface area contributed by atoms with E-state index in [-0.39, 0.29) is 59.4 Å². The van der Waals surface area contributed by atoms with Gasteiger partial charge in [-0.3, -0.25) is 19.2 Å². The number of ketones is 2. The van der Waals surface area contributed by atoms with Gasteiger partial charge >= 0.3 is 11.9 Å². The number of aliphatic hydroxyl groups excluding tert-OH is 2. The quantitative estimate of drug-likeness (QED) is 0.0291. The summed E-state index contributed by atoms with van der Waals surface area (Å²) < 4.78 is 10.8. The fraction of sp³-hybridized carbons (Fsp3) is 0.500. The molecular weight excluding hydrogens is 1200 g/mol. The van der Waals surface area contributed by atoms with Crippen molar-refractivity contribution in [3.05, 3.63) is 224 Å². The molecule has 4 aliphatic carbocycles. The molecule has 4 fully saturated rings. The molecule has 12 nitrogen and oxygen atoms in total. The summed E-state index contributed by atoms with van der Waals surface area (Å²) in [5, 5.41) is 64.3. The van der Waals surface area contributed by atoms with Gasteiger partial charge in [0.1, 0.15) is 12.2 Å². The van der Waals surface area contributed by atoms with Gasteiger partial charge in [0.15, 0.2) is 11.6 Å². The molecule has 4 aliphatic rings. The Labute approximate surface area is 576 Å². The van der Waals surface area contributed by atoms with Gasteiger partial charge in [-0.05, 0) is 188 Å². The number of rotatable bonds is 20. The third kappa shape index (κ3) is 27.4. The summed E-state index contributed by atoms with van der Waals surface area (Å²) in [6.07, 6.45) is 47.5. The Kier molecular flexibility index (Phi) is 30.7. The lowest BCUT2D eigenvalue weighted by Crippen LogP contribution is -2.46. The van der Waals surface area contributed by atoms with Gasteiger partial charge in [0, 0.05) is 50.7 Å². The molecule has 0 aromatic rings. The fourth-order valence-electron chi connectivity index (χ4n) is 13.8. The molecule has 0 spiro atoms. The van der Waals surface area contributed by atoms with Crippen LogP contribution in [0.25, 0.3) is 0 Å². The predicted molar refractivity (Wildman–Crippen MR) is 392 cm³/mol. The van der Waals surface area contributed by atoms with Crippen molar-refractivity contribution in [2.75, 3.05) is 0 Å². The van der Waals surface area contributed by atoms with Gasteiger partial charge in [0.05, 0.1) is 34.6 Å². The van der Waals surface area contributed by atoms with E-state index in [9.17, 15) is 49.8 Å². The molecule has 4 rings (SSSR count). The van der Waals surface area contributed by atoms with E-state index in [0.29, 0.717) is 60.8 Å². The Hall–Kier alpha value is -7.08. The van der Waals surface area contributed by atoms with Crippen LogP contribution in [0, 0.1) is 21.7 Å². The van der Waals surface area contributed by atoms with Crippen LogP contribution in [0.15, 0.2) is 224 Å². The largest absolute Gasteiger partial charge is 0.462 e. The van der Waals surface area contributed by atoms with Crippen molar-refractivity contribution in [2.24, 2.45) is 21.7 Å². The molecule has 0 saturated heterocycles. The van der Waals surface area contributed by atoms with Crippen molar-refractivity contribution in [3.63, 3.8) is 0 Å². The van der Waals surface area contributed by atoms with Crippen LogP contribution in [0.2, 0.25) is 0 Å². The summed E-state index contributed by atoms with van der Waals surface area (Å²) in [7, 11) is 0. The molecule has 12 heteroatoms. The molecule has 6 N–H and O–H groups in total. The first-order chi connectivity index (χ1) is 44.1. The molecule has 8 atom stereocenters. The van der Waals surface area contributed by atoms with Crippen molar-refractivity contribution in [2.45, 2.75) is 251 Å². The van der Waals surface area contributed by atoms with E-state index in [1.807, 2.05) is 218 Å². The molecule has 524 valence electrons. The summed E-state index contributed by atoms with van der Waals surface area (Å²) in [6, 6.07) is 0. The highest BCUT2D eigenvalue weighted by molar-refractivity contribution is 6.05. The van der Waals surface area contributed by atoms with Crippen molar-refractivity contribution in [1.29, 1.82) is 0 Å². The Balaban J connectivity index is 0.000000500. The van der Waals surface area contributed by atoms with Gasteiger partial charge in [0.2, 0.25) is 0 Å². The highest BCUT2D eigenvalue weighted by Crippen LogP contribution is 2.49. The van der Waals surface area contributed by atoms with Crippen molar-refractivity contribution in [1.82, 2.24) is 0 Å². The minimum atomic E-state index is -1.22. The van der Waals surface area contributed by atoms with E-state index < -0.39 is 45.4 Å².